The van der Waals surface area contributed by atoms with Crippen molar-refractivity contribution in [3.8, 4) is 11.5 Å². The molecule has 1 N–H and O–H groups in total. The molecule has 0 aromatic heterocycles. The summed E-state index contributed by atoms with van der Waals surface area (Å²) in [5, 5.41) is 9.40. The molecule has 3 heteroatoms. The summed E-state index contributed by atoms with van der Waals surface area (Å²) >= 11 is 0. The second-order valence-corrected chi connectivity index (χ2v) is 3.13. The predicted octanol–water partition coefficient (Wildman–Crippen LogP) is 2.79. The first-order valence-corrected chi connectivity index (χ1v) is 4.77. The lowest BCUT2D eigenvalue weighted by atomic mass is 10.0. The van der Waals surface area contributed by atoms with E-state index in [0.29, 0.717) is 11.3 Å². The summed E-state index contributed by atoms with van der Waals surface area (Å²) in [5.74, 6) is 1.40. The quantitative estimate of drug-likeness (QED) is 0.773. The summed E-state index contributed by atoms with van der Waals surface area (Å²) in [6, 6.07) is 3.54. The first kappa shape index (κ1) is 11.4. The fourth-order valence-corrected chi connectivity index (χ4v) is 1.60. The van der Waals surface area contributed by atoms with Gasteiger partial charge in [-0.05, 0) is 18.6 Å². The molecule has 0 radical (unpaired) electrons. The number of ether oxygens (including phenoxy) is 2. The Bertz CT molecular complexity index is 369. The Kier molecular flexibility index (Phi) is 3.61. The van der Waals surface area contributed by atoms with Crippen LogP contribution in [0.25, 0.3) is 5.76 Å². The van der Waals surface area contributed by atoms with Crippen LogP contribution in [0.1, 0.15) is 18.1 Å². The third kappa shape index (κ3) is 2.06. The maximum atomic E-state index is 9.40. The van der Waals surface area contributed by atoms with Crippen LogP contribution < -0.4 is 9.47 Å². The van der Waals surface area contributed by atoms with Crippen molar-refractivity contribution in [2.75, 3.05) is 14.2 Å². The van der Waals surface area contributed by atoms with Gasteiger partial charge < -0.3 is 14.6 Å². The summed E-state index contributed by atoms with van der Waals surface area (Å²) in [6.45, 7) is 5.50. The lowest BCUT2D eigenvalue weighted by molar-refractivity contribution is 0.383. The van der Waals surface area contributed by atoms with Crippen molar-refractivity contribution in [3.63, 3.8) is 0 Å². The standard InChI is InChI=1S/C12H16O3/c1-5-9-11(14-3)7-6-10(8(2)13)12(9)15-4/h6-7,13H,2,5H2,1,3-4H3. The Morgan fingerprint density at radius 3 is 2.40 bits per heavy atom. The molecular weight excluding hydrogens is 192 g/mol. The number of aliphatic hydroxyl groups is 1. The van der Waals surface area contributed by atoms with Gasteiger partial charge in [-0.1, -0.05) is 13.5 Å². The average molecular weight is 208 g/mol. The second-order valence-electron chi connectivity index (χ2n) is 3.13. The SMILES string of the molecule is C=C(O)c1ccc(OC)c(CC)c1OC. The highest BCUT2D eigenvalue weighted by atomic mass is 16.5. The highest BCUT2D eigenvalue weighted by Crippen LogP contribution is 2.34. The zero-order valence-corrected chi connectivity index (χ0v) is 9.33. The van der Waals surface area contributed by atoms with E-state index in [1.54, 1.807) is 26.4 Å². The van der Waals surface area contributed by atoms with Gasteiger partial charge in [0.1, 0.15) is 17.3 Å². The first-order chi connectivity index (χ1) is 7.15. The Hall–Kier alpha value is -1.64. The molecule has 1 aromatic carbocycles. The van der Waals surface area contributed by atoms with Crippen molar-refractivity contribution in [1.82, 2.24) is 0 Å². The van der Waals surface area contributed by atoms with Gasteiger partial charge in [0, 0.05) is 5.56 Å². The molecule has 0 aliphatic heterocycles. The van der Waals surface area contributed by atoms with E-state index in [9.17, 15) is 5.11 Å². The predicted molar refractivity (Wildman–Crippen MR) is 60.6 cm³/mol. The third-order valence-corrected chi connectivity index (χ3v) is 2.31. The van der Waals surface area contributed by atoms with E-state index in [1.807, 2.05) is 6.92 Å². The molecule has 82 valence electrons. The summed E-state index contributed by atoms with van der Waals surface area (Å²) in [7, 11) is 3.18. The lowest BCUT2D eigenvalue weighted by Gasteiger charge is -2.15. The number of hydrogen-bond donors (Lipinski definition) is 1. The molecule has 1 aromatic rings. The molecule has 0 amide bonds. The van der Waals surface area contributed by atoms with Crippen LogP contribution in [0.3, 0.4) is 0 Å². The van der Waals surface area contributed by atoms with E-state index >= 15 is 0 Å². The van der Waals surface area contributed by atoms with Crippen molar-refractivity contribution >= 4 is 5.76 Å². The van der Waals surface area contributed by atoms with E-state index in [-0.39, 0.29) is 5.76 Å². The van der Waals surface area contributed by atoms with Gasteiger partial charge in [0.25, 0.3) is 0 Å². The van der Waals surface area contributed by atoms with Crippen molar-refractivity contribution < 1.29 is 14.6 Å². The average Bonchev–Trinajstić information content (AvgIpc) is 2.26. The van der Waals surface area contributed by atoms with Crippen LogP contribution >= 0.6 is 0 Å². The summed E-state index contributed by atoms with van der Waals surface area (Å²) in [5.41, 5.74) is 1.54. The van der Waals surface area contributed by atoms with Gasteiger partial charge in [-0.2, -0.15) is 0 Å². The van der Waals surface area contributed by atoms with Gasteiger partial charge in [-0.25, -0.2) is 0 Å². The molecule has 0 saturated heterocycles. The topological polar surface area (TPSA) is 38.7 Å². The second kappa shape index (κ2) is 4.73. The van der Waals surface area contributed by atoms with Crippen molar-refractivity contribution in [3.05, 3.63) is 29.8 Å². The molecule has 0 aliphatic carbocycles. The van der Waals surface area contributed by atoms with Crippen LogP contribution in [0, 0.1) is 0 Å². The van der Waals surface area contributed by atoms with Crippen LogP contribution in [0.4, 0.5) is 0 Å². The number of aliphatic hydroxyl groups excluding tert-OH is 1. The van der Waals surface area contributed by atoms with E-state index in [4.69, 9.17) is 9.47 Å². The van der Waals surface area contributed by atoms with Crippen molar-refractivity contribution in [2.24, 2.45) is 0 Å². The normalized spacial score (nSPS) is 9.80. The highest BCUT2D eigenvalue weighted by molar-refractivity contribution is 5.67. The molecule has 0 fully saturated rings. The zero-order chi connectivity index (χ0) is 11.4. The largest absolute Gasteiger partial charge is 0.508 e. The van der Waals surface area contributed by atoms with Crippen molar-refractivity contribution in [1.29, 1.82) is 0 Å². The molecule has 0 bridgehead atoms. The van der Waals surface area contributed by atoms with Gasteiger partial charge in [0.05, 0.1) is 19.8 Å². The van der Waals surface area contributed by atoms with Gasteiger partial charge in [0.15, 0.2) is 0 Å². The van der Waals surface area contributed by atoms with Gasteiger partial charge in [-0.15, -0.1) is 0 Å². The fraction of sp³-hybridized carbons (Fsp3) is 0.333. The smallest absolute Gasteiger partial charge is 0.136 e. The van der Waals surface area contributed by atoms with Crippen LogP contribution in [0.5, 0.6) is 11.5 Å². The summed E-state index contributed by atoms with van der Waals surface area (Å²) in [6.07, 6.45) is 0.771. The molecule has 15 heavy (non-hydrogen) atoms. The zero-order valence-electron chi connectivity index (χ0n) is 9.33. The van der Waals surface area contributed by atoms with E-state index < -0.39 is 0 Å². The maximum Gasteiger partial charge on any atom is 0.136 e. The molecule has 0 aliphatic rings. The van der Waals surface area contributed by atoms with E-state index in [1.165, 1.54) is 0 Å². The lowest BCUT2D eigenvalue weighted by Crippen LogP contribution is -1.99. The Morgan fingerprint density at radius 1 is 1.33 bits per heavy atom. The minimum absolute atomic E-state index is 0.00389. The third-order valence-electron chi connectivity index (χ3n) is 2.31. The number of rotatable bonds is 4. The molecule has 0 spiro atoms. The van der Waals surface area contributed by atoms with Gasteiger partial charge in [0.2, 0.25) is 0 Å². The summed E-state index contributed by atoms with van der Waals surface area (Å²) < 4.78 is 10.5. The molecule has 0 heterocycles. The summed E-state index contributed by atoms with van der Waals surface area (Å²) in [4.78, 5) is 0. The molecule has 0 atom stereocenters. The number of benzene rings is 1. The monoisotopic (exact) mass is 208 g/mol. The number of hydrogen-bond acceptors (Lipinski definition) is 3. The van der Waals surface area contributed by atoms with Gasteiger partial charge >= 0.3 is 0 Å². The Labute approximate surface area is 90.0 Å². The molecule has 1 rings (SSSR count). The molecule has 3 nitrogen and oxygen atoms in total. The van der Waals surface area contributed by atoms with Crippen LogP contribution in [0.15, 0.2) is 18.7 Å². The highest BCUT2D eigenvalue weighted by Gasteiger charge is 2.14. The Balaban J connectivity index is 3.40. The molecular formula is C12H16O3. The minimum atomic E-state index is 0.00389. The van der Waals surface area contributed by atoms with Crippen LogP contribution in [-0.2, 0) is 6.42 Å². The Morgan fingerprint density at radius 2 is 2.00 bits per heavy atom. The molecule has 0 saturated carbocycles. The maximum absolute atomic E-state index is 9.40. The van der Waals surface area contributed by atoms with E-state index in [2.05, 4.69) is 6.58 Å². The minimum Gasteiger partial charge on any atom is -0.508 e. The van der Waals surface area contributed by atoms with Crippen LogP contribution in [-0.4, -0.2) is 19.3 Å². The van der Waals surface area contributed by atoms with Crippen LogP contribution in [0.2, 0.25) is 0 Å². The van der Waals surface area contributed by atoms with E-state index in [0.717, 1.165) is 17.7 Å². The molecule has 0 unspecified atom stereocenters. The fourth-order valence-electron chi connectivity index (χ4n) is 1.60. The van der Waals surface area contributed by atoms with Crippen molar-refractivity contribution in [2.45, 2.75) is 13.3 Å². The number of methoxy groups -OCH3 is 2. The van der Waals surface area contributed by atoms with Gasteiger partial charge in [-0.3, -0.25) is 0 Å². The first-order valence-electron chi connectivity index (χ1n) is 4.77.